The molecule has 0 unspecified atom stereocenters. The van der Waals surface area contributed by atoms with E-state index in [-0.39, 0.29) is 11.4 Å². The third kappa shape index (κ3) is 3.76. The molecule has 0 aliphatic heterocycles. The molecule has 7 heteroatoms. The van der Waals surface area contributed by atoms with Gasteiger partial charge in [-0.2, -0.15) is 10.2 Å². The molecule has 0 bridgehead atoms. The molecule has 140 valence electrons. The molecular formula is C20H23N5O2. The van der Waals surface area contributed by atoms with E-state index in [1.807, 2.05) is 50.2 Å². The van der Waals surface area contributed by atoms with Crippen LogP contribution >= 0.6 is 0 Å². The number of carbonyl (C=O) groups excluding carboxylic acids is 1. The molecule has 0 aliphatic carbocycles. The second kappa shape index (κ2) is 7.49. The van der Waals surface area contributed by atoms with Gasteiger partial charge in [0.25, 0.3) is 5.91 Å². The number of aromatic hydroxyl groups is 1. The molecule has 7 nitrogen and oxygen atoms in total. The standard InChI is InChI=1S/C20H23N5O2/c1-13(2)25-14(3)10-16(15(25)4)11-21-22-20(27)19-18(26)12-24(23-19)17-8-6-5-7-9-17/h5-13,26H,1-4H3,(H,22,27)/b21-11-. The molecule has 3 aromatic rings. The maximum atomic E-state index is 12.3. The van der Waals surface area contributed by atoms with Gasteiger partial charge in [0.15, 0.2) is 11.4 Å². The summed E-state index contributed by atoms with van der Waals surface area (Å²) in [6.45, 7) is 8.30. The number of hydrogen-bond donors (Lipinski definition) is 2. The maximum absolute atomic E-state index is 12.3. The minimum atomic E-state index is -0.573. The quantitative estimate of drug-likeness (QED) is 0.537. The smallest absolute Gasteiger partial charge is 0.295 e. The number of benzene rings is 1. The van der Waals surface area contributed by atoms with Gasteiger partial charge >= 0.3 is 0 Å². The molecule has 0 radical (unpaired) electrons. The molecule has 0 saturated heterocycles. The van der Waals surface area contributed by atoms with Gasteiger partial charge in [-0.1, -0.05) is 18.2 Å². The van der Waals surface area contributed by atoms with Gasteiger partial charge in [0, 0.05) is 23.0 Å². The Morgan fingerprint density at radius 2 is 1.96 bits per heavy atom. The fourth-order valence-electron chi connectivity index (χ4n) is 3.18. The van der Waals surface area contributed by atoms with E-state index >= 15 is 0 Å². The molecule has 2 aromatic heterocycles. The van der Waals surface area contributed by atoms with E-state index in [1.165, 1.54) is 10.9 Å². The van der Waals surface area contributed by atoms with Crippen molar-refractivity contribution in [2.45, 2.75) is 33.7 Å². The van der Waals surface area contributed by atoms with Crippen LogP contribution in [0.4, 0.5) is 0 Å². The molecule has 27 heavy (non-hydrogen) atoms. The highest BCUT2D eigenvalue weighted by Crippen LogP contribution is 2.19. The summed E-state index contributed by atoms with van der Waals surface area (Å²) in [7, 11) is 0. The van der Waals surface area contributed by atoms with E-state index in [4.69, 9.17) is 0 Å². The third-order valence-electron chi connectivity index (χ3n) is 4.34. The molecule has 0 atom stereocenters. The normalized spacial score (nSPS) is 11.4. The number of nitrogens with zero attached hydrogens (tertiary/aromatic N) is 4. The highest BCUT2D eigenvalue weighted by molar-refractivity contribution is 5.95. The number of hydrazone groups is 1. The van der Waals surface area contributed by atoms with Crippen molar-refractivity contribution in [2.75, 3.05) is 0 Å². The van der Waals surface area contributed by atoms with Crippen LogP contribution in [0.15, 0.2) is 47.7 Å². The Morgan fingerprint density at radius 3 is 2.59 bits per heavy atom. The minimum Gasteiger partial charge on any atom is -0.504 e. The molecule has 0 spiro atoms. The van der Waals surface area contributed by atoms with E-state index in [9.17, 15) is 9.90 Å². The largest absolute Gasteiger partial charge is 0.504 e. The number of hydrogen-bond acceptors (Lipinski definition) is 4. The van der Waals surface area contributed by atoms with E-state index in [0.29, 0.717) is 6.04 Å². The van der Waals surface area contributed by atoms with Crippen LogP contribution in [-0.4, -0.2) is 31.6 Å². The fraction of sp³-hybridized carbons (Fsp3) is 0.250. The van der Waals surface area contributed by atoms with Crippen molar-refractivity contribution in [3.8, 4) is 11.4 Å². The van der Waals surface area contributed by atoms with Crippen LogP contribution in [0.3, 0.4) is 0 Å². The zero-order valence-electron chi connectivity index (χ0n) is 15.8. The van der Waals surface area contributed by atoms with Crippen molar-refractivity contribution in [1.29, 1.82) is 0 Å². The fourth-order valence-corrected chi connectivity index (χ4v) is 3.18. The average molecular weight is 365 g/mol. The average Bonchev–Trinajstić information content (AvgIpc) is 3.15. The van der Waals surface area contributed by atoms with Crippen molar-refractivity contribution < 1.29 is 9.90 Å². The zero-order valence-corrected chi connectivity index (χ0v) is 15.8. The molecule has 2 N–H and O–H groups in total. The van der Waals surface area contributed by atoms with E-state index in [0.717, 1.165) is 22.6 Å². The number of carbonyl (C=O) groups is 1. The summed E-state index contributed by atoms with van der Waals surface area (Å²) in [6, 6.07) is 11.6. The molecule has 0 saturated carbocycles. The van der Waals surface area contributed by atoms with Gasteiger partial charge in [-0.15, -0.1) is 0 Å². The van der Waals surface area contributed by atoms with E-state index < -0.39 is 5.91 Å². The Hall–Kier alpha value is -3.35. The molecule has 3 rings (SSSR count). The lowest BCUT2D eigenvalue weighted by Crippen LogP contribution is -2.18. The van der Waals surface area contributed by atoms with Crippen LogP contribution in [0, 0.1) is 13.8 Å². The topological polar surface area (TPSA) is 84.4 Å². The van der Waals surface area contributed by atoms with Gasteiger partial charge in [0.2, 0.25) is 0 Å². The Labute approximate surface area is 157 Å². The summed E-state index contributed by atoms with van der Waals surface area (Å²) in [5.74, 6) is -0.777. The van der Waals surface area contributed by atoms with Crippen LogP contribution in [0.5, 0.6) is 5.75 Å². The van der Waals surface area contributed by atoms with Crippen LogP contribution in [-0.2, 0) is 0 Å². The monoisotopic (exact) mass is 365 g/mol. The Morgan fingerprint density at radius 1 is 1.26 bits per heavy atom. The van der Waals surface area contributed by atoms with Crippen LogP contribution in [0.25, 0.3) is 5.69 Å². The highest BCUT2D eigenvalue weighted by Gasteiger charge is 2.17. The van der Waals surface area contributed by atoms with Gasteiger partial charge < -0.3 is 9.67 Å². The zero-order chi connectivity index (χ0) is 19.6. The first-order valence-electron chi connectivity index (χ1n) is 8.74. The number of para-hydroxylation sites is 1. The number of aryl methyl sites for hydroxylation is 1. The summed E-state index contributed by atoms with van der Waals surface area (Å²) >= 11 is 0. The number of aromatic nitrogens is 3. The second-order valence-electron chi connectivity index (χ2n) is 6.63. The molecule has 0 aliphatic rings. The van der Waals surface area contributed by atoms with Crippen LogP contribution < -0.4 is 5.43 Å². The highest BCUT2D eigenvalue weighted by atomic mass is 16.3. The van der Waals surface area contributed by atoms with Crippen LogP contribution in [0.2, 0.25) is 0 Å². The predicted octanol–water partition coefficient (Wildman–Crippen LogP) is 3.34. The third-order valence-corrected chi connectivity index (χ3v) is 4.34. The number of amides is 1. The SMILES string of the molecule is Cc1cc(/C=N\NC(=O)c2nn(-c3ccccc3)cc2O)c(C)n1C(C)C. The molecule has 1 aromatic carbocycles. The number of rotatable bonds is 5. The van der Waals surface area contributed by atoms with Gasteiger partial charge in [-0.3, -0.25) is 4.79 Å². The summed E-state index contributed by atoms with van der Waals surface area (Å²) in [5, 5.41) is 18.2. The summed E-state index contributed by atoms with van der Waals surface area (Å²) in [4.78, 5) is 12.3. The first kappa shape index (κ1) is 18.4. The summed E-state index contributed by atoms with van der Waals surface area (Å²) in [5.41, 5.74) is 6.24. The molecule has 2 heterocycles. The lowest BCUT2D eigenvalue weighted by atomic mass is 10.2. The molecule has 1 amide bonds. The Kier molecular flexibility index (Phi) is 5.12. The lowest BCUT2D eigenvalue weighted by Gasteiger charge is -2.13. The predicted molar refractivity (Wildman–Crippen MR) is 105 cm³/mol. The first-order chi connectivity index (χ1) is 12.9. The second-order valence-corrected chi connectivity index (χ2v) is 6.63. The van der Waals surface area contributed by atoms with Crippen molar-refractivity contribution >= 4 is 12.1 Å². The van der Waals surface area contributed by atoms with Crippen LogP contribution in [0.1, 0.15) is 47.3 Å². The van der Waals surface area contributed by atoms with Crippen molar-refractivity contribution in [3.63, 3.8) is 0 Å². The van der Waals surface area contributed by atoms with Crippen molar-refractivity contribution in [1.82, 2.24) is 19.8 Å². The van der Waals surface area contributed by atoms with Gasteiger partial charge in [-0.05, 0) is 45.9 Å². The van der Waals surface area contributed by atoms with E-state index in [1.54, 1.807) is 6.21 Å². The maximum Gasteiger partial charge on any atom is 0.295 e. The Balaban J connectivity index is 1.74. The van der Waals surface area contributed by atoms with Gasteiger partial charge in [0.05, 0.1) is 18.1 Å². The van der Waals surface area contributed by atoms with Crippen molar-refractivity contribution in [3.05, 3.63) is 65.2 Å². The summed E-state index contributed by atoms with van der Waals surface area (Å²) in [6.07, 6.45) is 2.99. The van der Waals surface area contributed by atoms with Crippen molar-refractivity contribution in [2.24, 2.45) is 5.10 Å². The molecule has 0 fully saturated rings. The van der Waals surface area contributed by atoms with Gasteiger partial charge in [0.1, 0.15) is 0 Å². The van der Waals surface area contributed by atoms with E-state index in [2.05, 4.69) is 34.0 Å². The molecular weight excluding hydrogens is 342 g/mol. The van der Waals surface area contributed by atoms with Gasteiger partial charge in [-0.25, -0.2) is 10.1 Å². The first-order valence-corrected chi connectivity index (χ1v) is 8.74. The summed E-state index contributed by atoms with van der Waals surface area (Å²) < 4.78 is 3.65. The number of nitrogens with one attached hydrogen (secondary N) is 1. The Bertz CT molecular complexity index is 983. The lowest BCUT2D eigenvalue weighted by molar-refractivity contribution is 0.0947. The minimum absolute atomic E-state index is 0.0799.